The lowest BCUT2D eigenvalue weighted by Gasteiger charge is -2.00. The summed E-state index contributed by atoms with van der Waals surface area (Å²) in [6, 6.07) is 6.01. The molecule has 0 aliphatic rings. The van der Waals surface area contributed by atoms with E-state index in [-0.39, 0.29) is 12.0 Å². The Balaban J connectivity index is 2.51. The van der Waals surface area contributed by atoms with Gasteiger partial charge in [0.1, 0.15) is 5.82 Å². The summed E-state index contributed by atoms with van der Waals surface area (Å²) >= 11 is 0. The highest BCUT2D eigenvalue weighted by atomic mass is 19.1. The molecule has 0 heterocycles. The van der Waals surface area contributed by atoms with Gasteiger partial charge in [-0.3, -0.25) is 4.79 Å². The molecule has 0 unspecified atom stereocenters. The summed E-state index contributed by atoms with van der Waals surface area (Å²) in [6.45, 7) is 1.60. The Morgan fingerprint density at radius 2 is 2.12 bits per heavy atom. The van der Waals surface area contributed by atoms with E-state index in [9.17, 15) is 14.0 Å². The fraction of sp³-hybridized carbons (Fsp3) is 0.167. The second kappa shape index (κ2) is 6.42. The molecule has 17 heavy (non-hydrogen) atoms. The van der Waals surface area contributed by atoms with Gasteiger partial charge in [-0.15, -0.1) is 0 Å². The van der Waals surface area contributed by atoms with Crippen LogP contribution < -0.4 is 5.48 Å². The van der Waals surface area contributed by atoms with Gasteiger partial charge in [0.2, 0.25) is 0 Å². The van der Waals surface area contributed by atoms with Crippen molar-refractivity contribution in [2.45, 2.75) is 13.3 Å². The van der Waals surface area contributed by atoms with Crippen LogP contribution in [-0.2, 0) is 14.4 Å². The molecule has 5 heteroatoms. The van der Waals surface area contributed by atoms with Crippen molar-refractivity contribution in [2.24, 2.45) is 0 Å². The number of amides is 1. The Kier molecular flexibility index (Phi) is 4.87. The molecule has 0 bridgehead atoms. The van der Waals surface area contributed by atoms with Crippen LogP contribution in [0.5, 0.6) is 0 Å². The standard InChI is InChI=1S/C12H12FNO3/c1-2-12(16)17-14-11(15)8-7-9-5-3-4-6-10(9)13/h3-8H,2H2,1H3,(H,14,15)/b8-7+. The van der Waals surface area contributed by atoms with Crippen LogP contribution in [0, 0.1) is 5.82 Å². The van der Waals surface area contributed by atoms with Crippen molar-refractivity contribution in [1.29, 1.82) is 0 Å². The van der Waals surface area contributed by atoms with Crippen molar-refractivity contribution in [3.8, 4) is 0 Å². The van der Waals surface area contributed by atoms with Crippen LogP contribution in [0.2, 0.25) is 0 Å². The fourth-order valence-corrected chi connectivity index (χ4v) is 0.989. The molecule has 0 radical (unpaired) electrons. The van der Waals surface area contributed by atoms with E-state index in [1.807, 2.05) is 5.48 Å². The average molecular weight is 237 g/mol. The van der Waals surface area contributed by atoms with Crippen LogP contribution in [0.15, 0.2) is 30.3 Å². The zero-order valence-electron chi connectivity index (χ0n) is 9.27. The molecule has 1 aromatic rings. The Labute approximate surface area is 98.0 Å². The molecule has 0 aromatic heterocycles. The second-order valence-electron chi connectivity index (χ2n) is 3.15. The SMILES string of the molecule is CCC(=O)ONC(=O)/C=C/c1ccccc1F. The first-order chi connectivity index (χ1) is 8.13. The first-order valence-corrected chi connectivity index (χ1v) is 5.05. The van der Waals surface area contributed by atoms with Gasteiger partial charge in [-0.2, -0.15) is 5.48 Å². The van der Waals surface area contributed by atoms with E-state index >= 15 is 0 Å². The number of carbonyl (C=O) groups is 2. The van der Waals surface area contributed by atoms with E-state index in [1.165, 1.54) is 18.2 Å². The average Bonchev–Trinajstić information content (AvgIpc) is 2.35. The van der Waals surface area contributed by atoms with E-state index in [1.54, 1.807) is 19.1 Å². The summed E-state index contributed by atoms with van der Waals surface area (Å²) in [5.41, 5.74) is 2.21. The Morgan fingerprint density at radius 3 is 2.76 bits per heavy atom. The molecule has 0 spiro atoms. The number of benzene rings is 1. The number of nitrogens with one attached hydrogen (secondary N) is 1. The molecule has 4 nitrogen and oxygen atoms in total. The minimum absolute atomic E-state index is 0.164. The van der Waals surface area contributed by atoms with Crippen molar-refractivity contribution < 1.29 is 18.8 Å². The minimum atomic E-state index is -0.630. The maximum atomic E-state index is 13.1. The topological polar surface area (TPSA) is 55.4 Å². The van der Waals surface area contributed by atoms with Gasteiger partial charge in [-0.1, -0.05) is 25.1 Å². The zero-order valence-corrected chi connectivity index (χ0v) is 9.27. The third-order valence-electron chi connectivity index (χ3n) is 1.87. The first-order valence-electron chi connectivity index (χ1n) is 5.05. The highest BCUT2D eigenvalue weighted by molar-refractivity contribution is 5.91. The monoisotopic (exact) mass is 237 g/mol. The summed E-state index contributed by atoms with van der Waals surface area (Å²) in [4.78, 5) is 26.3. The van der Waals surface area contributed by atoms with Gasteiger partial charge in [-0.25, -0.2) is 9.18 Å². The predicted octanol–water partition coefficient (Wildman–Crippen LogP) is 1.82. The summed E-state index contributed by atoms with van der Waals surface area (Å²) < 4.78 is 13.1. The molecule has 0 saturated carbocycles. The quantitative estimate of drug-likeness (QED) is 0.644. The van der Waals surface area contributed by atoms with Crippen LogP contribution in [0.4, 0.5) is 4.39 Å². The lowest BCUT2D eigenvalue weighted by molar-refractivity contribution is -0.156. The van der Waals surface area contributed by atoms with Gasteiger partial charge < -0.3 is 4.84 Å². The number of hydroxylamine groups is 1. The Hall–Kier alpha value is -2.17. The molecule has 1 amide bonds. The van der Waals surface area contributed by atoms with Gasteiger partial charge in [0.25, 0.3) is 5.91 Å². The highest BCUT2D eigenvalue weighted by Crippen LogP contribution is 2.07. The third-order valence-corrected chi connectivity index (χ3v) is 1.87. The lowest BCUT2D eigenvalue weighted by atomic mass is 10.2. The number of hydrogen-bond acceptors (Lipinski definition) is 3. The molecule has 1 rings (SSSR count). The van der Waals surface area contributed by atoms with Gasteiger partial charge in [0.15, 0.2) is 0 Å². The second-order valence-corrected chi connectivity index (χ2v) is 3.15. The van der Waals surface area contributed by atoms with Crippen LogP contribution in [0.25, 0.3) is 6.08 Å². The number of halogens is 1. The van der Waals surface area contributed by atoms with Gasteiger partial charge in [0.05, 0.1) is 0 Å². The van der Waals surface area contributed by atoms with Gasteiger partial charge in [0, 0.05) is 18.1 Å². The molecule has 0 atom stereocenters. The summed E-state index contributed by atoms with van der Waals surface area (Å²) in [5.74, 6) is -1.60. The first kappa shape index (κ1) is 12.9. The molecule has 90 valence electrons. The van der Waals surface area contributed by atoms with Crippen LogP contribution >= 0.6 is 0 Å². The number of hydrogen-bond donors (Lipinski definition) is 1. The Bertz CT molecular complexity index is 443. The lowest BCUT2D eigenvalue weighted by Crippen LogP contribution is -2.24. The summed E-state index contributed by atoms with van der Waals surface area (Å²) in [5, 5.41) is 0. The van der Waals surface area contributed by atoms with E-state index in [2.05, 4.69) is 4.84 Å². The summed E-state index contributed by atoms with van der Waals surface area (Å²) in [6.07, 6.45) is 2.54. The molecule has 0 aliphatic carbocycles. The van der Waals surface area contributed by atoms with Crippen LogP contribution in [0.3, 0.4) is 0 Å². The molecule has 0 saturated heterocycles. The van der Waals surface area contributed by atoms with E-state index in [0.717, 1.165) is 6.08 Å². The molecule has 1 aromatic carbocycles. The smallest absolute Gasteiger partial charge is 0.331 e. The zero-order chi connectivity index (χ0) is 12.7. The van der Waals surface area contributed by atoms with Crippen LogP contribution in [-0.4, -0.2) is 11.9 Å². The van der Waals surface area contributed by atoms with Gasteiger partial charge >= 0.3 is 5.97 Å². The number of rotatable bonds is 3. The third kappa shape index (κ3) is 4.46. The highest BCUT2D eigenvalue weighted by Gasteiger charge is 2.01. The minimum Gasteiger partial charge on any atom is -0.341 e. The molecular formula is C12H12FNO3. The molecule has 0 fully saturated rings. The predicted molar refractivity (Wildman–Crippen MR) is 60.0 cm³/mol. The number of carbonyl (C=O) groups excluding carboxylic acids is 2. The maximum Gasteiger partial charge on any atom is 0.331 e. The van der Waals surface area contributed by atoms with Crippen molar-refractivity contribution in [1.82, 2.24) is 5.48 Å². The van der Waals surface area contributed by atoms with Crippen molar-refractivity contribution >= 4 is 18.0 Å². The molecule has 0 aliphatic heterocycles. The van der Waals surface area contributed by atoms with Gasteiger partial charge in [-0.05, 0) is 12.1 Å². The Morgan fingerprint density at radius 1 is 1.41 bits per heavy atom. The van der Waals surface area contributed by atoms with E-state index in [0.29, 0.717) is 0 Å². The maximum absolute atomic E-state index is 13.1. The van der Waals surface area contributed by atoms with Crippen molar-refractivity contribution in [3.63, 3.8) is 0 Å². The van der Waals surface area contributed by atoms with E-state index < -0.39 is 17.7 Å². The molecule has 1 N–H and O–H groups in total. The van der Waals surface area contributed by atoms with Crippen molar-refractivity contribution in [3.05, 3.63) is 41.7 Å². The summed E-state index contributed by atoms with van der Waals surface area (Å²) in [7, 11) is 0. The normalized spacial score (nSPS) is 10.2. The largest absolute Gasteiger partial charge is 0.341 e. The van der Waals surface area contributed by atoms with Crippen LogP contribution in [0.1, 0.15) is 18.9 Å². The van der Waals surface area contributed by atoms with E-state index in [4.69, 9.17) is 0 Å². The molecular weight excluding hydrogens is 225 g/mol. The van der Waals surface area contributed by atoms with Crippen molar-refractivity contribution in [2.75, 3.05) is 0 Å². The fourth-order valence-electron chi connectivity index (χ4n) is 0.989.